The lowest BCUT2D eigenvalue weighted by molar-refractivity contribution is -0.119. The molecule has 3 nitrogen and oxygen atoms in total. The fourth-order valence-electron chi connectivity index (χ4n) is 1.35. The minimum absolute atomic E-state index is 0.0700. The third-order valence-electron chi connectivity index (χ3n) is 2.14. The van der Waals surface area contributed by atoms with E-state index in [2.05, 4.69) is 26.2 Å². The molecule has 0 spiro atoms. The maximum Gasteiger partial charge on any atom is 0.244 e. The van der Waals surface area contributed by atoms with Crippen molar-refractivity contribution in [2.75, 3.05) is 12.3 Å². The Hall–Kier alpha value is -0.810. The first-order valence-corrected chi connectivity index (χ1v) is 6.84. The number of aliphatic imine (C=N–C) groups is 1. The highest BCUT2D eigenvalue weighted by Crippen LogP contribution is 2.23. The number of hydrogen-bond acceptors (Lipinski definition) is 3. The van der Waals surface area contributed by atoms with E-state index in [1.807, 2.05) is 30.3 Å². The summed E-state index contributed by atoms with van der Waals surface area (Å²) < 4.78 is 0. The van der Waals surface area contributed by atoms with Crippen molar-refractivity contribution >= 4 is 38.8 Å². The van der Waals surface area contributed by atoms with E-state index < -0.39 is 0 Å². The summed E-state index contributed by atoms with van der Waals surface area (Å²) in [4.78, 5) is 15.7. The normalized spacial score (nSPS) is 16.7. The van der Waals surface area contributed by atoms with Gasteiger partial charge >= 0.3 is 0 Å². The van der Waals surface area contributed by atoms with Gasteiger partial charge in [0.25, 0.3) is 0 Å². The summed E-state index contributed by atoms with van der Waals surface area (Å²) in [7, 11) is 0. The topological polar surface area (TPSA) is 41.5 Å². The fraction of sp³-hybridized carbons (Fsp3) is 0.273. The van der Waals surface area contributed by atoms with Gasteiger partial charge in [-0.3, -0.25) is 9.79 Å². The van der Waals surface area contributed by atoms with Gasteiger partial charge in [-0.25, -0.2) is 0 Å². The summed E-state index contributed by atoms with van der Waals surface area (Å²) in [5.74, 6) is 0.882. The van der Waals surface area contributed by atoms with Crippen LogP contribution in [0.4, 0.5) is 0 Å². The molecule has 0 aliphatic carbocycles. The highest BCUT2D eigenvalue weighted by atomic mass is 79.9. The first kappa shape index (κ1) is 11.7. The summed E-state index contributed by atoms with van der Waals surface area (Å²) in [5.41, 5.74) is 0.948. The molecule has 1 unspecified atom stereocenters. The van der Waals surface area contributed by atoms with Crippen molar-refractivity contribution in [1.29, 1.82) is 0 Å². The molecule has 1 N–H and O–H groups in total. The molecule has 2 rings (SSSR count). The molecule has 84 valence electrons. The number of thioether (sulfide) groups is 1. The maximum atomic E-state index is 11.8. The number of benzene rings is 1. The summed E-state index contributed by atoms with van der Waals surface area (Å²) in [6, 6.07) is 9.60. The van der Waals surface area contributed by atoms with Gasteiger partial charge in [0, 0.05) is 5.75 Å². The fourth-order valence-corrected chi connectivity index (χ4v) is 2.50. The number of carbonyl (C=O) groups is 1. The van der Waals surface area contributed by atoms with Crippen molar-refractivity contribution in [3.8, 4) is 0 Å². The van der Waals surface area contributed by atoms with Gasteiger partial charge in [0.1, 0.15) is 4.83 Å². The van der Waals surface area contributed by atoms with Crippen LogP contribution in [-0.2, 0) is 4.79 Å². The molecule has 1 aromatic rings. The summed E-state index contributed by atoms with van der Waals surface area (Å²) in [6.45, 7) is 0.790. The van der Waals surface area contributed by atoms with Crippen LogP contribution in [0.5, 0.6) is 0 Å². The van der Waals surface area contributed by atoms with Crippen molar-refractivity contribution in [2.45, 2.75) is 4.83 Å². The predicted molar refractivity (Wildman–Crippen MR) is 71.0 cm³/mol. The minimum Gasteiger partial charge on any atom is -0.304 e. The molecule has 0 fully saturated rings. The quantitative estimate of drug-likeness (QED) is 0.852. The Labute approximate surface area is 107 Å². The third-order valence-corrected chi connectivity index (χ3v) is 3.97. The van der Waals surface area contributed by atoms with Crippen molar-refractivity contribution in [2.24, 2.45) is 4.99 Å². The molecule has 1 heterocycles. The second-order valence-corrected chi connectivity index (χ2v) is 5.30. The molecule has 0 saturated carbocycles. The Morgan fingerprint density at radius 2 is 2.19 bits per heavy atom. The van der Waals surface area contributed by atoms with Crippen molar-refractivity contribution in [3.63, 3.8) is 0 Å². The number of nitrogens with zero attached hydrogens (tertiary/aromatic N) is 1. The zero-order valence-corrected chi connectivity index (χ0v) is 10.9. The summed E-state index contributed by atoms with van der Waals surface area (Å²) in [6.07, 6.45) is 0. The number of halogens is 1. The number of nitrogens with one attached hydrogen (secondary N) is 1. The molecule has 16 heavy (non-hydrogen) atoms. The average molecular weight is 299 g/mol. The Kier molecular flexibility index (Phi) is 4.01. The number of carbonyl (C=O) groups excluding carboxylic acids is 1. The second kappa shape index (κ2) is 5.50. The van der Waals surface area contributed by atoms with Gasteiger partial charge in [-0.2, -0.15) is 0 Å². The van der Waals surface area contributed by atoms with E-state index in [1.54, 1.807) is 11.8 Å². The van der Waals surface area contributed by atoms with Gasteiger partial charge < -0.3 is 5.32 Å². The van der Waals surface area contributed by atoms with E-state index in [-0.39, 0.29) is 10.7 Å². The Balaban J connectivity index is 1.99. The molecule has 0 radical (unpaired) electrons. The van der Waals surface area contributed by atoms with Crippen LogP contribution >= 0.6 is 27.7 Å². The molecular formula is C11H11BrN2OS. The summed E-state index contributed by atoms with van der Waals surface area (Å²) in [5, 5.41) is 3.53. The van der Waals surface area contributed by atoms with Gasteiger partial charge in [0.2, 0.25) is 5.91 Å². The van der Waals surface area contributed by atoms with Crippen molar-refractivity contribution in [3.05, 3.63) is 35.9 Å². The molecule has 5 heteroatoms. The van der Waals surface area contributed by atoms with E-state index in [4.69, 9.17) is 0 Å². The molecular weight excluding hydrogens is 288 g/mol. The highest BCUT2D eigenvalue weighted by Gasteiger charge is 2.19. The van der Waals surface area contributed by atoms with Crippen LogP contribution < -0.4 is 5.32 Å². The van der Waals surface area contributed by atoms with Crippen molar-refractivity contribution < 1.29 is 4.79 Å². The monoisotopic (exact) mass is 298 g/mol. The van der Waals surface area contributed by atoms with Gasteiger partial charge in [-0.05, 0) is 5.56 Å². The van der Waals surface area contributed by atoms with E-state index in [0.717, 1.165) is 23.0 Å². The number of alkyl halides is 1. The lowest BCUT2D eigenvalue weighted by Gasteiger charge is -2.10. The zero-order chi connectivity index (χ0) is 11.4. The zero-order valence-electron chi connectivity index (χ0n) is 8.52. The van der Waals surface area contributed by atoms with Crippen molar-refractivity contribution in [1.82, 2.24) is 5.32 Å². The molecule has 0 saturated heterocycles. The van der Waals surface area contributed by atoms with Crippen LogP contribution in [0.15, 0.2) is 35.3 Å². The van der Waals surface area contributed by atoms with Crippen LogP contribution in [0.25, 0.3) is 0 Å². The molecule has 1 aliphatic rings. The largest absolute Gasteiger partial charge is 0.304 e. The Morgan fingerprint density at radius 1 is 1.44 bits per heavy atom. The lowest BCUT2D eigenvalue weighted by atomic mass is 10.1. The van der Waals surface area contributed by atoms with Gasteiger partial charge in [-0.15, -0.1) is 0 Å². The van der Waals surface area contributed by atoms with Crippen LogP contribution in [0.2, 0.25) is 0 Å². The number of amidine groups is 1. The van der Waals surface area contributed by atoms with Crippen LogP contribution in [0.3, 0.4) is 0 Å². The molecule has 1 aromatic carbocycles. The average Bonchev–Trinajstić information content (AvgIpc) is 2.82. The lowest BCUT2D eigenvalue weighted by Crippen LogP contribution is -2.30. The molecule has 0 bridgehead atoms. The van der Waals surface area contributed by atoms with Crippen LogP contribution in [0, 0.1) is 0 Å². The molecule has 1 amide bonds. The van der Waals surface area contributed by atoms with E-state index >= 15 is 0 Å². The molecule has 1 atom stereocenters. The van der Waals surface area contributed by atoms with Crippen LogP contribution in [-0.4, -0.2) is 23.4 Å². The van der Waals surface area contributed by atoms with E-state index in [0.29, 0.717) is 0 Å². The van der Waals surface area contributed by atoms with Gasteiger partial charge in [-0.1, -0.05) is 58.0 Å². The van der Waals surface area contributed by atoms with E-state index in [9.17, 15) is 4.79 Å². The first-order chi connectivity index (χ1) is 7.77. The Morgan fingerprint density at radius 3 is 2.81 bits per heavy atom. The number of hydrogen-bond donors (Lipinski definition) is 1. The second-order valence-electron chi connectivity index (χ2n) is 3.30. The predicted octanol–water partition coefficient (Wildman–Crippen LogP) is 2.34. The van der Waals surface area contributed by atoms with Crippen LogP contribution in [0.1, 0.15) is 10.4 Å². The first-order valence-electron chi connectivity index (χ1n) is 4.94. The minimum atomic E-state index is -0.322. The number of rotatable bonds is 2. The Bertz CT molecular complexity index is 408. The smallest absolute Gasteiger partial charge is 0.244 e. The maximum absolute atomic E-state index is 11.8. The summed E-state index contributed by atoms with van der Waals surface area (Å²) >= 11 is 4.96. The standard InChI is InChI=1S/C11H11BrN2OS/c12-9(8-4-2-1-3-5-8)10(15)14-11-13-6-7-16-11/h1-5,9H,6-7H2,(H,13,14,15). The molecule has 0 aromatic heterocycles. The number of amides is 1. The third kappa shape index (κ3) is 2.86. The SMILES string of the molecule is O=C(NC1=NCCS1)C(Br)c1ccccc1. The van der Waals surface area contributed by atoms with Gasteiger partial charge in [0.05, 0.1) is 6.54 Å². The highest BCUT2D eigenvalue weighted by molar-refractivity contribution is 9.09. The van der Waals surface area contributed by atoms with Gasteiger partial charge in [0.15, 0.2) is 5.17 Å². The van der Waals surface area contributed by atoms with E-state index in [1.165, 1.54) is 0 Å². The molecule has 1 aliphatic heterocycles.